The van der Waals surface area contributed by atoms with Crippen LogP contribution in [0.5, 0.6) is 0 Å². The number of rotatable bonds is 3. The maximum absolute atomic E-state index is 11.7. The highest BCUT2D eigenvalue weighted by Crippen LogP contribution is 2.15. The topological polar surface area (TPSA) is 70.7 Å². The van der Waals surface area contributed by atoms with Gasteiger partial charge in [0.05, 0.1) is 6.42 Å². The number of aromatic nitrogens is 3. The van der Waals surface area contributed by atoms with E-state index in [0.29, 0.717) is 10.8 Å². The Kier molecular flexibility index (Phi) is 3.39. The number of carbonyl (C=O) groups excluding carboxylic acids is 1. The van der Waals surface area contributed by atoms with E-state index in [2.05, 4.69) is 20.5 Å². The summed E-state index contributed by atoms with van der Waals surface area (Å²) in [6.07, 6.45) is 0.202. The van der Waals surface area contributed by atoms with Crippen molar-refractivity contribution in [3.05, 3.63) is 40.7 Å². The minimum absolute atomic E-state index is 0.197. The molecule has 0 aliphatic rings. The highest BCUT2D eigenvalue weighted by molar-refractivity contribution is 6.31. The maximum Gasteiger partial charge on any atom is 0.248 e. The molecule has 1 aromatic heterocycles. The molecule has 1 heterocycles. The van der Waals surface area contributed by atoms with Gasteiger partial charge in [-0.2, -0.15) is 4.98 Å². The number of H-pyrrole nitrogens is 1. The zero-order valence-electron chi connectivity index (χ0n) is 9.20. The standard InChI is InChI=1S/C11H11ClN4O/c1-7-13-11(16-15-7)14-10(17)6-8-4-2-3-5-9(8)12/h2-5H,6H2,1H3,(H2,13,14,15,16,17). The monoisotopic (exact) mass is 250 g/mol. The molecule has 2 aromatic rings. The molecule has 2 N–H and O–H groups in total. The van der Waals surface area contributed by atoms with E-state index < -0.39 is 0 Å². The number of aryl methyl sites for hydroxylation is 1. The van der Waals surface area contributed by atoms with Gasteiger partial charge < -0.3 is 0 Å². The zero-order valence-corrected chi connectivity index (χ0v) is 9.95. The third-order valence-corrected chi connectivity index (χ3v) is 2.53. The molecule has 0 atom stereocenters. The molecule has 0 spiro atoms. The van der Waals surface area contributed by atoms with Gasteiger partial charge in [0.1, 0.15) is 5.82 Å². The molecule has 17 heavy (non-hydrogen) atoms. The molecule has 0 unspecified atom stereocenters. The molecule has 1 aromatic carbocycles. The number of halogens is 1. The molecule has 0 radical (unpaired) electrons. The minimum atomic E-state index is -0.197. The Morgan fingerprint density at radius 3 is 2.88 bits per heavy atom. The smallest absolute Gasteiger partial charge is 0.248 e. The van der Waals surface area contributed by atoms with Gasteiger partial charge in [-0.3, -0.25) is 15.2 Å². The van der Waals surface area contributed by atoms with E-state index >= 15 is 0 Å². The predicted octanol–water partition coefficient (Wildman–Crippen LogP) is 1.95. The van der Waals surface area contributed by atoms with Crippen LogP contribution in [-0.4, -0.2) is 21.1 Å². The molecule has 0 bridgehead atoms. The average Bonchev–Trinajstić information content (AvgIpc) is 2.67. The van der Waals surface area contributed by atoms with Crippen LogP contribution in [0.4, 0.5) is 5.95 Å². The lowest BCUT2D eigenvalue weighted by molar-refractivity contribution is -0.115. The lowest BCUT2D eigenvalue weighted by atomic mass is 10.1. The second kappa shape index (κ2) is 4.97. The fourth-order valence-electron chi connectivity index (χ4n) is 1.38. The molecule has 0 saturated carbocycles. The molecule has 5 nitrogen and oxygen atoms in total. The number of hydrogen-bond acceptors (Lipinski definition) is 3. The summed E-state index contributed by atoms with van der Waals surface area (Å²) in [6, 6.07) is 7.22. The first-order valence-corrected chi connectivity index (χ1v) is 5.45. The van der Waals surface area contributed by atoms with Crippen molar-refractivity contribution in [2.75, 3.05) is 5.32 Å². The maximum atomic E-state index is 11.7. The lowest BCUT2D eigenvalue weighted by Gasteiger charge is -2.03. The van der Waals surface area contributed by atoms with Crippen LogP contribution in [0.25, 0.3) is 0 Å². The van der Waals surface area contributed by atoms with Crippen molar-refractivity contribution in [3.63, 3.8) is 0 Å². The largest absolute Gasteiger partial charge is 0.293 e. The first-order chi connectivity index (χ1) is 8.15. The molecule has 0 aliphatic carbocycles. The van der Waals surface area contributed by atoms with Crippen molar-refractivity contribution in [1.29, 1.82) is 0 Å². The van der Waals surface area contributed by atoms with Gasteiger partial charge in [-0.15, -0.1) is 5.10 Å². The van der Waals surface area contributed by atoms with Crippen molar-refractivity contribution >= 4 is 23.5 Å². The van der Waals surface area contributed by atoms with Crippen LogP contribution >= 0.6 is 11.6 Å². The first-order valence-electron chi connectivity index (χ1n) is 5.07. The van der Waals surface area contributed by atoms with Crippen molar-refractivity contribution in [2.45, 2.75) is 13.3 Å². The normalized spacial score (nSPS) is 10.2. The summed E-state index contributed by atoms with van der Waals surface area (Å²) >= 11 is 5.96. The van der Waals surface area contributed by atoms with Crippen LogP contribution in [0.3, 0.4) is 0 Å². The number of nitrogens with one attached hydrogen (secondary N) is 2. The van der Waals surface area contributed by atoms with Crippen LogP contribution in [0.2, 0.25) is 5.02 Å². The predicted molar refractivity (Wildman–Crippen MR) is 64.9 cm³/mol. The number of benzene rings is 1. The van der Waals surface area contributed by atoms with E-state index in [4.69, 9.17) is 11.6 Å². The number of hydrogen-bond donors (Lipinski definition) is 2. The molecular formula is C11H11ClN4O. The van der Waals surface area contributed by atoms with Gasteiger partial charge in [0.25, 0.3) is 0 Å². The Hall–Kier alpha value is -1.88. The van der Waals surface area contributed by atoms with Crippen LogP contribution in [0.15, 0.2) is 24.3 Å². The number of amides is 1. The van der Waals surface area contributed by atoms with Gasteiger partial charge in [-0.25, -0.2) is 0 Å². The second-order valence-corrected chi connectivity index (χ2v) is 3.97. The van der Waals surface area contributed by atoms with Gasteiger partial charge in [-0.05, 0) is 18.6 Å². The molecule has 6 heteroatoms. The zero-order chi connectivity index (χ0) is 12.3. The molecule has 88 valence electrons. The van der Waals surface area contributed by atoms with Crippen LogP contribution < -0.4 is 5.32 Å². The lowest BCUT2D eigenvalue weighted by Crippen LogP contribution is -2.15. The van der Waals surface area contributed by atoms with Gasteiger partial charge in [0.15, 0.2) is 0 Å². The summed E-state index contributed by atoms with van der Waals surface area (Å²) in [5.41, 5.74) is 0.777. The molecule has 0 saturated heterocycles. The molecule has 0 aliphatic heterocycles. The quantitative estimate of drug-likeness (QED) is 0.875. The average molecular weight is 251 g/mol. The first kappa shape index (κ1) is 11.6. The summed E-state index contributed by atoms with van der Waals surface area (Å²) in [5.74, 6) is 0.731. The molecule has 1 amide bonds. The minimum Gasteiger partial charge on any atom is -0.293 e. The van der Waals surface area contributed by atoms with Crippen LogP contribution in [-0.2, 0) is 11.2 Å². The van der Waals surface area contributed by atoms with E-state index in [-0.39, 0.29) is 18.3 Å². The summed E-state index contributed by atoms with van der Waals surface area (Å²) < 4.78 is 0. The molecular weight excluding hydrogens is 240 g/mol. The van der Waals surface area contributed by atoms with E-state index in [1.54, 1.807) is 13.0 Å². The SMILES string of the molecule is Cc1nc(NC(=O)Cc2ccccc2Cl)n[nH]1. The van der Waals surface area contributed by atoms with E-state index in [1.165, 1.54) is 0 Å². The highest BCUT2D eigenvalue weighted by atomic mass is 35.5. The number of nitrogens with zero attached hydrogens (tertiary/aromatic N) is 2. The fraction of sp³-hybridized carbons (Fsp3) is 0.182. The summed E-state index contributed by atoms with van der Waals surface area (Å²) in [5, 5.41) is 9.63. The highest BCUT2D eigenvalue weighted by Gasteiger charge is 2.08. The summed E-state index contributed by atoms with van der Waals surface area (Å²) in [6.45, 7) is 1.76. The van der Waals surface area contributed by atoms with E-state index in [1.807, 2.05) is 18.2 Å². The van der Waals surface area contributed by atoms with Crippen molar-refractivity contribution in [2.24, 2.45) is 0 Å². The Bertz CT molecular complexity index is 538. The van der Waals surface area contributed by atoms with Crippen LogP contribution in [0.1, 0.15) is 11.4 Å². The third-order valence-electron chi connectivity index (χ3n) is 2.16. The van der Waals surface area contributed by atoms with Crippen molar-refractivity contribution < 1.29 is 4.79 Å². The Morgan fingerprint density at radius 2 is 2.24 bits per heavy atom. The molecule has 0 fully saturated rings. The third kappa shape index (κ3) is 3.04. The Balaban J connectivity index is 2.01. The fourth-order valence-corrected chi connectivity index (χ4v) is 1.58. The number of aromatic amines is 1. The van der Waals surface area contributed by atoms with Gasteiger partial charge in [-0.1, -0.05) is 29.8 Å². The molecule has 2 rings (SSSR count). The van der Waals surface area contributed by atoms with Gasteiger partial charge in [0, 0.05) is 5.02 Å². The summed E-state index contributed by atoms with van der Waals surface area (Å²) in [4.78, 5) is 15.7. The van der Waals surface area contributed by atoms with Gasteiger partial charge in [0.2, 0.25) is 11.9 Å². The van der Waals surface area contributed by atoms with E-state index in [0.717, 1.165) is 5.56 Å². The number of carbonyl (C=O) groups is 1. The van der Waals surface area contributed by atoms with Crippen molar-refractivity contribution in [1.82, 2.24) is 15.2 Å². The van der Waals surface area contributed by atoms with Gasteiger partial charge >= 0.3 is 0 Å². The Labute approximate surface area is 103 Å². The number of anilines is 1. The van der Waals surface area contributed by atoms with Crippen LogP contribution in [0, 0.1) is 6.92 Å². The van der Waals surface area contributed by atoms with Crippen molar-refractivity contribution in [3.8, 4) is 0 Å². The second-order valence-electron chi connectivity index (χ2n) is 3.56. The van der Waals surface area contributed by atoms with E-state index in [9.17, 15) is 4.79 Å². The summed E-state index contributed by atoms with van der Waals surface area (Å²) in [7, 11) is 0. The Morgan fingerprint density at radius 1 is 1.47 bits per heavy atom.